The van der Waals surface area contributed by atoms with Gasteiger partial charge in [0, 0.05) is 5.39 Å². The van der Waals surface area contributed by atoms with Crippen LogP contribution in [0.25, 0.3) is 10.9 Å². The van der Waals surface area contributed by atoms with Crippen LogP contribution in [0.4, 0.5) is 0 Å². The Labute approximate surface area is 93.1 Å². The summed E-state index contributed by atoms with van der Waals surface area (Å²) >= 11 is 5.96. The molecule has 1 aromatic heterocycles. The number of hydrogen-bond acceptors (Lipinski definition) is 3. The van der Waals surface area contributed by atoms with E-state index < -0.39 is 0 Å². The Hall–Kier alpha value is -1.35. The molecular formula is C11H11ClN2O. The monoisotopic (exact) mass is 222 g/mol. The number of rotatable bonds is 2. The summed E-state index contributed by atoms with van der Waals surface area (Å²) in [6.07, 6.45) is 1.60. The van der Waals surface area contributed by atoms with Crippen molar-refractivity contribution in [1.29, 1.82) is 0 Å². The average Bonchev–Trinajstić information content (AvgIpc) is 2.18. The lowest BCUT2D eigenvalue weighted by atomic mass is 10.2. The van der Waals surface area contributed by atoms with E-state index in [2.05, 4.69) is 9.97 Å². The molecule has 0 spiro atoms. The number of ether oxygens (including phenoxy) is 1. The fourth-order valence-electron chi connectivity index (χ4n) is 1.35. The van der Waals surface area contributed by atoms with Crippen molar-refractivity contribution in [2.75, 3.05) is 0 Å². The van der Waals surface area contributed by atoms with Crippen LogP contribution < -0.4 is 4.74 Å². The lowest BCUT2D eigenvalue weighted by Crippen LogP contribution is -2.05. The first kappa shape index (κ1) is 10.2. The molecule has 1 heterocycles. The van der Waals surface area contributed by atoms with E-state index >= 15 is 0 Å². The molecule has 78 valence electrons. The molecule has 0 atom stereocenters. The van der Waals surface area contributed by atoms with Gasteiger partial charge in [-0.15, -0.1) is 0 Å². The third-order valence-electron chi connectivity index (χ3n) is 1.93. The molecule has 0 amide bonds. The summed E-state index contributed by atoms with van der Waals surface area (Å²) in [6.45, 7) is 3.96. The minimum absolute atomic E-state index is 0.144. The second-order valence-electron chi connectivity index (χ2n) is 3.51. The Bertz CT molecular complexity index is 485. The molecule has 15 heavy (non-hydrogen) atoms. The highest BCUT2D eigenvalue weighted by atomic mass is 35.5. The molecule has 0 bridgehead atoms. The van der Waals surface area contributed by atoms with Gasteiger partial charge in [0.2, 0.25) is 0 Å². The smallest absolute Gasteiger partial charge is 0.140 e. The predicted molar refractivity (Wildman–Crippen MR) is 60.3 cm³/mol. The highest BCUT2D eigenvalue weighted by Gasteiger charge is 2.04. The fourth-order valence-corrected chi connectivity index (χ4v) is 1.54. The highest BCUT2D eigenvalue weighted by molar-refractivity contribution is 6.34. The number of aromatic nitrogens is 2. The molecule has 3 nitrogen and oxygen atoms in total. The van der Waals surface area contributed by atoms with Crippen LogP contribution >= 0.6 is 11.6 Å². The zero-order valence-corrected chi connectivity index (χ0v) is 9.32. The van der Waals surface area contributed by atoms with E-state index in [1.165, 1.54) is 6.33 Å². The summed E-state index contributed by atoms with van der Waals surface area (Å²) in [7, 11) is 0. The standard InChI is InChI=1S/C11H11ClN2O/c1-7(2)15-8-3-4-10-9(5-8)11(12)14-6-13-10/h3-7H,1-2H3. The van der Waals surface area contributed by atoms with E-state index in [9.17, 15) is 0 Å². The van der Waals surface area contributed by atoms with Gasteiger partial charge in [0.05, 0.1) is 11.6 Å². The third-order valence-corrected chi connectivity index (χ3v) is 2.23. The molecule has 0 aliphatic rings. The Balaban J connectivity index is 2.50. The lowest BCUT2D eigenvalue weighted by molar-refractivity contribution is 0.243. The first-order valence-electron chi connectivity index (χ1n) is 4.74. The molecule has 2 rings (SSSR count). The second-order valence-corrected chi connectivity index (χ2v) is 3.87. The molecule has 0 radical (unpaired) electrons. The van der Waals surface area contributed by atoms with Crippen LogP contribution in [-0.4, -0.2) is 16.1 Å². The predicted octanol–water partition coefficient (Wildman–Crippen LogP) is 3.07. The van der Waals surface area contributed by atoms with E-state index in [4.69, 9.17) is 16.3 Å². The van der Waals surface area contributed by atoms with Crippen molar-refractivity contribution < 1.29 is 4.74 Å². The van der Waals surface area contributed by atoms with Crippen molar-refractivity contribution in [3.63, 3.8) is 0 Å². The van der Waals surface area contributed by atoms with Crippen LogP contribution in [0.15, 0.2) is 24.5 Å². The average molecular weight is 223 g/mol. The zero-order valence-electron chi connectivity index (χ0n) is 8.57. The van der Waals surface area contributed by atoms with Gasteiger partial charge in [-0.05, 0) is 32.0 Å². The molecule has 0 saturated carbocycles. The van der Waals surface area contributed by atoms with E-state index in [0.29, 0.717) is 5.15 Å². The van der Waals surface area contributed by atoms with Crippen molar-refractivity contribution in [3.05, 3.63) is 29.7 Å². The van der Waals surface area contributed by atoms with Gasteiger partial charge in [0.25, 0.3) is 0 Å². The number of fused-ring (bicyclic) bond motifs is 1. The summed E-state index contributed by atoms with van der Waals surface area (Å²) in [4.78, 5) is 8.04. The van der Waals surface area contributed by atoms with Crippen LogP contribution in [-0.2, 0) is 0 Å². The molecule has 4 heteroatoms. The Morgan fingerprint density at radius 1 is 1.27 bits per heavy atom. The van der Waals surface area contributed by atoms with Gasteiger partial charge in [-0.1, -0.05) is 11.6 Å². The maximum Gasteiger partial charge on any atom is 0.140 e. The van der Waals surface area contributed by atoms with Crippen LogP contribution in [0.5, 0.6) is 5.75 Å². The third kappa shape index (κ3) is 2.18. The Kier molecular flexibility index (Phi) is 2.73. The quantitative estimate of drug-likeness (QED) is 0.733. The second kappa shape index (κ2) is 4.03. The molecule has 0 N–H and O–H groups in total. The number of halogens is 1. The fraction of sp³-hybridized carbons (Fsp3) is 0.273. The summed E-state index contributed by atoms with van der Waals surface area (Å²) in [5.41, 5.74) is 0.825. The molecule has 0 aliphatic carbocycles. The van der Waals surface area contributed by atoms with Crippen LogP contribution in [0.2, 0.25) is 5.15 Å². The summed E-state index contributed by atoms with van der Waals surface area (Å²) in [5, 5.41) is 1.27. The molecule has 0 fully saturated rings. The molecule has 0 aliphatic heterocycles. The number of nitrogens with zero attached hydrogens (tertiary/aromatic N) is 2. The summed E-state index contributed by atoms with van der Waals surface area (Å²) in [5.74, 6) is 0.786. The minimum Gasteiger partial charge on any atom is -0.491 e. The van der Waals surface area contributed by atoms with Gasteiger partial charge >= 0.3 is 0 Å². The first-order valence-corrected chi connectivity index (χ1v) is 5.11. The largest absolute Gasteiger partial charge is 0.491 e. The zero-order chi connectivity index (χ0) is 10.8. The van der Waals surface area contributed by atoms with Crippen molar-refractivity contribution in [2.45, 2.75) is 20.0 Å². The Morgan fingerprint density at radius 3 is 2.80 bits per heavy atom. The Morgan fingerprint density at radius 2 is 2.07 bits per heavy atom. The number of hydrogen-bond donors (Lipinski definition) is 0. The maximum absolute atomic E-state index is 5.96. The normalized spacial score (nSPS) is 10.9. The highest BCUT2D eigenvalue weighted by Crippen LogP contribution is 2.24. The molecular weight excluding hydrogens is 212 g/mol. The van der Waals surface area contributed by atoms with Gasteiger partial charge in [-0.2, -0.15) is 0 Å². The van der Waals surface area contributed by atoms with E-state index in [1.807, 2.05) is 32.0 Å². The van der Waals surface area contributed by atoms with Gasteiger partial charge in [0.15, 0.2) is 0 Å². The van der Waals surface area contributed by atoms with Crippen molar-refractivity contribution in [3.8, 4) is 5.75 Å². The first-order chi connectivity index (χ1) is 7.16. The van der Waals surface area contributed by atoms with E-state index in [1.54, 1.807) is 0 Å². The maximum atomic E-state index is 5.96. The van der Waals surface area contributed by atoms with Crippen molar-refractivity contribution in [1.82, 2.24) is 9.97 Å². The van der Waals surface area contributed by atoms with Crippen LogP contribution in [0.3, 0.4) is 0 Å². The van der Waals surface area contributed by atoms with Crippen LogP contribution in [0.1, 0.15) is 13.8 Å². The van der Waals surface area contributed by atoms with Crippen molar-refractivity contribution in [2.24, 2.45) is 0 Å². The minimum atomic E-state index is 0.144. The molecule has 0 saturated heterocycles. The lowest BCUT2D eigenvalue weighted by Gasteiger charge is -2.10. The van der Waals surface area contributed by atoms with E-state index in [-0.39, 0.29) is 6.10 Å². The molecule has 0 unspecified atom stereocenters. The van der Waals surface area contributed by atoms with Gasteiger partial charge < -0.3 is 4.74 Å². The SMILES string of the molecule is CC(C)Oc1ccc2ncnc(Cl)c2c1. The van der Waals surface area contributed by atoms with Gasteiger partial charge in [0.1, 0.15) is 17.2 Å². The number of benzene rings is 1. The van der Waals surface area contributed by atoms with Crippen LogP contribution in [0, 0.1) is 0 Å². The topological polar surface area (TPSA) is 35.0 Å². The summed E-state index contributed by atoms with van der Waals surface area (Å²) < 4.78 is 5.56. The van der Waals surface area contributed by atoms with Gasteiger partial charge in [-0.3, -0.25) is 0 Å². The van der Waals surface area contributed by atoms with E-state index in [0.717, 1.165) is 16.7 Å². The molecule has 2 aromatic rings. The summed E-state index contributed by atoms with van der Waals surface area (Å²) in [6, 6.07) is 5.62. The van der Waals surface area contributed by atoms with Gasteiger partial charge in [-0.25, -0.2) is 9.97 Å². The van der Waals surface area contributed by atoms with Crippen molar-refractivity contribution >= 4 is 22.5 Å². The molecule has 1 aromatic carbocycles.